The van der Waals surface area contributed by atoms with Gasteiger partial charge in [-0.25, -0.2) is 0 Å². The van der Waals surface area contributed by atoms with E-state index in [4.69, 9.17) is 0 Å². The average molecular weight is 214 g/mol. The lowest BCUT2D eigenvalue weighted by molar-refractivity contribution is 0.103. The van der Waals surface area contributed by atoms with Crippen LogP contribution in [0.5, 0.6) is 0 Å². The lowest BCUT2D eigenvalue weighted by atomic mass is 10.1. The second kappa shape index (κ2) is 4.31. The van der Waals surface area contributed by atoms with Crippen molar-refractivity contribution < 1.29 is 4.79 Å². The molecule has 0 aliphatic rings. The topological polar surface area (TPSA) is 34.9 Å². The second-order valence-electron chi connectivity index (χ2n) is 3.72. The Morgan fingerprint density at radius 3 is 2.44 bits per heavy atom. The van der Waals surface area contributed by atoms with Crippen molar-refractivity contribution in [2.24, 2.45) is 7.05 Å². The van der Waals surface area contributed by atoms with Crippen LogP contribution in [0, 0.1) is 0 Å². The first-order valence-electron chi connectivity index (χ1n) is 5.34. The van der Waals surface area contributed by atoms with Gasteiger partial charge in [-0.3, -0.25) is 9.48 Å². The van der Waals surface area contributed by atoms with Gasteiger partial charge in [0.15, 0.2) is 0 Å². The molecule has 0 aliphatic carbocycles. The summed E-state index contributed by atoms with van der Waals surface area (Å²) in [5, 5.41) is 3.99. The molecular formula is C13H14N2O. The van der Waals surface area contributed by atoms with Crippen LogP contribution >= 0.6 is 0 Å². The second-order valence-corrected chi connectivity index (χ2v) is 3.72. The van der Waals surface area contributed by atoms with Gasteiger partial charge in [-0.05, 0) is 18.1 Å². The van der Waals surface area contributed by atoms with Crippen molar-refractivity contribution in [2.45, 2.75) is 13.3 Å². The van der Waals surface area contributed by atoms with Crippen molar-refractivity contribution in [3.63, 3.8) is 0 Å². The highest BCUT2D eigenvalue weighted by atomic mass is 16.1. The Kier molecular flexibility index (Phi) is 2.86. The summed E-state index contributed by atoms with van der Waals surface area (Å²) >= 11 is 0. The van der Waals surface area contributed by atoms with Gasteiger partial charge >= 0.3 is 0 Å². The Morgan fingerprint density at radius 1 is 1.25 bits per heavy atom. The molecule has 0 atom stereocenters. The third-order valence-corrected chi connectivity index (χ3v) is 2.68. The first kappa shape index (κ1) is 10.6. The molecule has 0 saturated carbocycles. The summed E-state index contributed by atoms with van der Waals surface area (Å²) < 4.78 is 1.59. The molecule has 0 aliphatic heterocycles. The van der Waals surface area contributed by atoms with Crippen molar-refractivity contribution in [3.05, 3.63) is 53.3 Å². The van der Waals surface area contributed by atoms with Gasteiger partial charge in [-0.2, -0.15) is 5.10 Å². The first-order valence-corrected chi connectivity index (χ1v) is 5.34. The van der Waals surface area contributed by atoms with Crippen molar-refractivity contribution in [3.8, 4) is 0 Å². The van der Waals surface area contributed by atoms with Crippen LogP contribution in [-0.2, 0) is 13.5 Å². The van der Waals surface area contributed by atoms with E-state index in [1.165, 1.54) is 5.56 Å². The van der Waals surface area contributed by atoms with E-state index in [-0.39, 0.29) is 5.78 Å². The van der Waals surface area contributed by atoms with Crippen LogP contribution in [0.15, 0.2) is 36.5 Å². The first-order chi connectivity index (χ1) is 7.72. The molecule has 1 aromatic heterocycles. The number of aromatic nitrogens is 2. The minimum absolute atomic E-state index is 0.0163. The fraction of sp³-hybridized carbons (Fsp3) is 0.231. The van der Waals surface area contributed by atoms with Crippen LogP contribution in [0.4, 0.5) is 0 Å². The van der Waals surface area contributed by atoms with Crippen LogP contribution < -0.4 is 0 Å². The molecular weight excluding hydrogens is 200 g/mol. The number of ketones is 1. The third-order valence-electron chi connectivity index (χ3n) is 2.68. The quantitative estimate of drug-likeness (QED) is 0.734. The van der Waals surface area contributed by atoms with Gasteiger partial charge in [-0.1, -0.05) is 31.2 Å². The number of aryl methyl sites for hydroxylation is 2. The lowest BCUT2D eigenvalue weighted by Crippen LogP contribution is -2.08. The summed E-state index contributed by atoms with van der Waals surface area (Å²) in [6, 6.07) is 9.45. The van der Waals surface area contributed by atoms with E-state index in [2.05, 4.69) is 12.0 Å². The molecule has 3 heteroatoms. The minimum Gasteiger partial charge on any atom is -0.287 e. The largest absolute Gasteiger partial charge is 0.287 e. The molecule has 0 fully saturated rings. The molecule has 2 rings (SSSR count). The van der Waals surface area contributed by atoms with Gasteiger partial charge in [0.05, 0.1) is 0 Å². The smallest absolute Gasteiger partial charge is 0.211 e. The predicted octanol–water partition coefficient (Wildman–Crippen LogP) is 2.21. The fourth-order valence-electron chi connectivity index (χ4n) is 1.64. The summed E-state index contributed by atoms with van der Waals surface area (Å²) in [6.07, 6.45) is 2.62. The molecule has 0 spiro atoms. The maximum atomic E-state index is 12.1. The highest BCUT2D eigenvalue weighted by Gasteiger charge is 2.11. The van der Waals surface area contributed by atoms with E-state index in [0.29, 0.717) is 11.3 Å². The Labute approximate surface area is 94.7 Å². The number of hydrogen-bond acceptors (Lipinski definition) is 2. The summed E-state index contributed by atoms with van der Waals surface area (Å²) in [7, 11) is 1.77. The van der Waals surface area contributed by atoms with E-state index in [0.717, 1.165) is 6.42 Å². The molecule has 0 saturated heterocycles. The Bertz CT molecular complexity index is 497. The zero-order valence-corrected chi connectivity index (χ0v) is 9.47. The van der Waals surface area contributed by atoms with E-state index in [9.17, 15) is 4.79 Å². The van der Waals surface area contributed by atoms with Gasteiger partial charge in [0, 0.05) is 18.8 Å². The van der Waals surface area contributed by atoms with E-state index in [1.807, 2.05) is 24.3 Å². The van der Waals surface area contributed by atoms with E-state index < -0.39 is 0 Å². The molecule has 1 heterocycles. The zero-order valence-electron chi connectivity index (χ0n) is 9.47. The SMILES string of the molecule is CCc1ccc(C(=O)c2ccnn2C)cc1. The van der Waals surface area contributed by atoms with Crippen molar-refractivity contribution in [2.75, 3.05) is 0 Å². The maximum absolute atomic E-state index is 12.1. The van der Waals surface area contributed by atoms with Crippen molar-refractivity contribution in [1.82, 2.24) is 9.78 Å². The van der Waals surface area contributed by atoms with Gasteiger partial charge in [0.2, 0.25) is 5.78 Å². The Morgan fingerprint density at radius 2 is 1.94 bits per heavy atom. The number of nitrogens with zero attached hydrogens (tertiary/aromatic N) is 2. The predicted molar refractivity (Wildman–Crippen MR) is 62.5 cm³/mol. The summed E-state index contributed by atoms with van der Waals surface area (Å²) in [6.45, 7) is 2.10. The number of benzene rings is 1. The average Bonchev–Trinajstić information content (AvgIpc) is 2.75. The zero-order chi connectivity index (χ0) is 11.5. The third kappa shape index (κ3) is 1.89. The van der Waals surface area contributed by atoms with Gasteiger partial charge in [0.25, 0.3) is 0 Å². The highest BCUT2D eigenvalue weighted by Crippen LogP contribution is 2.10. The molecule has 82 valence electrons. The molecule has 0 N–H and O–H groups in total. The monoisotopic (exact) mass is 214 g/mol. The van der Waals surface area contributed by atoms with Crippen LogP contribution in [0.2, 0.25) is 0 Å². The number of hydrogen-bond donors (Lipinski definition) is 0. The molecule has 2 aromatic rings. The highest BCUT2D eigenvalue weighted by molar-refractivity contribution is 6.07. The molecule has 1 aromatic carbocycles. The lowest BCUT2D eigenvalue weighted by Gasteiger charge is -2.02. The summed E-state index contributed by atoms with van der Waals surface area (Å²) in [5.74, 6) is 0.0163. The summed E-state index contributed by atoms with van der Waals surface area (Å²) in [4.78, 5) is 12.1. The Balaban J connectivity index is 2.31. The van der Waals surface area contributed by atoms with Gasteiger partial charge in [-0.15, -0.1) is 0 Å². The maximum Gasteiger partial charge on any atom is 0.211 e. The standard InChI is InChI=1S/C13H14N2O/c1-3-10-4-6-11(7-5-10)13(16)12-8-9-14-15(12)2/h4-9H,3H2,1-2H3. The van der Waals surface area contributed by atoms with Gasteiger partial charge < -0.3 is 0 Å². The minimum atomic E-state index is 0.0163. The van der Waals surface area contributed by atoms with Crippen LogP contribution in [0.25, 0.3) is 0 Å². The molecule has 0 unspecified atom stereocenters. The molecule has 3 nitrogen and oxygen atoms in total. The van der Waals surface area contributed by atoms with Crippen LogP contribution in [0.3, 0.4) is 0 Å². The number of carbonyl (C=O) groups excluding carboxylic acids is 1. The summed E-state index contributed by atoms with van der Waals surface area (Å²) in [5.41, 5.74) is 2.56. The molecule has 0 radical (unpaired) electrons. The van der Waals surface area contributed by atoms with Crippen LogP contribution in [0.1, 0.15) is 28.5 Å². The molecule has 16 heavy (non-hydrogen) atoms. The Hall–Kier alpha value is -1.90. The number of carbonyl (C=O) groups is 1. The van der Waals surface area contributed by atoms with E-state index in [1.54, 1.807) is 24.0 Å². The number of rotatable bonds is 3. The molecule has 0 bridgehead atoms. The molecule has 0 amide bonds. The van der Waals surface area contributed by atoms with Crippen molar-refractivity contribution >= 4 is 5.78 Å². The fourth-order valence-corrected chi connectivity index (χ4v) is 1.64. The van der Waals surface area contributed by atoms with E-state index >= 15 is 0 Å². The normalized spacial score (nSPS) is 10.4. The van der Waals surface area contributed by atoms with Gasteiger partial charge in [0.1, 0.15) is 5.69 Å². The van der Waals surface area contributed by atoms with Crippen LogP contribution in [-0.4, -0.2) is 15.6 Å². The van der Waals surface area contributed by atoms with Crippen molar-refractivity contribution in [1.29, 1.82) is 0 Å².